The van der Waals surface area contributed by atoms with Crippen molar-refractivity contribution >= 4 is 5.97 Å². The van der Waals surface area contributed by atoms with Gasteiger partial charge in [0, 0.05) is 6.92 Å². The van der Waals surface area contributed by atoms with Crippen molar-refractivity contribution in [3.8, 4) is 0 Å². The second-order valence-electron chi connectivity index (χ2n) is 12.4. The lowest BCUT2D eigenvalue weighted by atomic mass is 9.80. The van der Waals surface area contributed by atoms with Crippen LogP contribution < -0.4 is 0 Å². The van der Waals surface area contributed by atoms with Gasteiger partial charge in [-0.05, 0) is 27.8 Å². The molecule has 5 atom stereocenters. The first-order valence-electron chi connectivity index (χ1n) is 17.2. The Kier molecular flexibility index (Phi) is 12.6. The number of hydrogen-bond acceptors (Lipinski definition) is 7. The van der Waals surface area contributed by atoms with Crippen molar-refractivity contribution in [3.63, 3.8) is 0 Å². The highest BCUT2D eigenvalue weighted by molar-refractivity contribution is 5.66. The first-order chi connectivity index (χ1) is 25.1. The van der Waals surface area contributed by atoms with E-state index in [0.717, 1.165) is 27.8 Å². The average molecular weight is 685 g/mol. The Morgan fingerprint density at radius 3 is 1.49 bits per heavy atom. The summed E-state index contributed by atoms with van der Waals surface area (Å²) in [5, 5.41) is 0. The summed E-state index contributed by atoms with van der Waals surface area (Å²) in [6, 6.07) is 50.0. The van der Waals surface area contributed by atoms with Crippen LogP contribution in [-0.4, -0.2) is 49.9 Å². The Labute approximate surface area is 300 Å². The van der Waals surface area contributed by atoms with E-state index < -0.39 is 42.3 Å². The van der Waals surface area contributed by atoms with Crippen molar-refractivity contribution in [2.45, 2.75) is 56.4 Å². The van der Waals surface area contributed by atoms with Crippen molar-refractivity contribution in [3.05, 3.63) is 192 Å². The molecule has 7 nitrogen and oxygen atoms in total. The Hall–Kier alpha value is -4.89. The van der Waals surface area contributed by atoms with Crippen LogP contribution in [0.15, 0.2) is 164 Å². The summed E-state index contributed by atoms with van der Waals surface area (Å²) in [5.41, 5.74) is 3.69. The van der Waals surface area contributed by atoms with Crippen LogP contribution in [0, 0.1) is 0 Å². The summed E-state index contributed by atoms with van der Waals surface area (Å²) in [4.78, 5) is 12.8. The van der Waals surface area contributed by atoms with Gasteiger partial charge in [0.1, 0.15) is 23.9 Å². The third kappa shape index (κ3) is 8.89. The minimum absolute atomic E-state index is 0.0151. The van der Waals surface area contributed by atoms with Gasteiger partial charge in [0.05, 0.1) is 26.4 Å². The maximum absolute atomic E-state index is 12.8. The number of esters is 1. The molecule has 0 amide bonds. The number of hydrogen-bond donors (Lipinski definition) is 0. The molecule has 6 rings (SSSR count). The minimum Gasteiger partial charge on any atom is -0.457 e. The second kappa shape index (κ2) is 17.9. The van der Waals surface area contributed by atoms with E-state index in [-0.39, 0.29) is 26.4 Å². The van der Waals surface area contributed by atoms with E-state index in [1.807, 2.05) is 115 Å². The number of rotatable bonds is 16. The van der Waals surface area contributed by atoms with Gasteiger partial charge in [-0.2, -0.15) is 0 Å². The molecule has 51 heavy (non-hydrogen) atoms. The smallest absolute Gasteiger partial charge is 0.303 e. The standard InChI is InChI=1S/C44H44O7/c1-3-29-46-43-42(48-31-35-21-11-5-12-22-35)41(47-30-34-19-9-4-10-20-34)40(50-33(2)45)39(51-43)32-49-44(36-23-13-6-14-24-36,37-25-15-7-16-26-37)38-27-17-8-18-28-38/h3-28,39-43H,1,29-32H2,2H3/t39-,40-,41+,42-,43+/m1/s1. The van der Waals surface area contributed by atoms with Crippen LogP contribution in [0.4, 0.5) is 0 Å². The predicted octanol–water partition coefficient (Wildman–Crippen LogP) is 8.03. The fourth-order valence-corrected chi connectivity index (χ4v) is 6.52. The Balaban J connectivity index is 1.40. The van der Waals surface area contributed by atoms with Crippen molar-refractivity contribution in [2.75, 3.05) is 13.2 Å². The van der Waals surface area contributed by atoms with E-state index in [0.29, 0.717) is 0 Å². The second-order valence-corrected chi connectivity index (χ2v) is 12.4. The lowest BCUT2D eigenvalue weighted by Crippen LogP contribution is -2.62. The zero-order chi connectivity index (χ0) is 35.3. The molecule has 0 bridgehead atoms. The largest absolute Gasteiger partial charge is 0.457 e. The maximum Gasteiger partial charge on any atom is 0.303 e. The summed E-state index contributed by atoms with van der Waals surface area (Å²) >= 11 is 0. The normalized spacial score (nSPS) is 20.4. The molecule has 262 valence electrons. The van der Waals surface area contributed by atoms with Gasteiger partial charge in [-0.1, -0.05) is 158 Å². The first kappa shape index (κ1) is 35.9. The molecule has 0 unspecified atom stereocenters. The molecule has 1 fully saturated rings. The summed E-state index contributed by atoms with van der Waals surface area (Å²) in [5.74, 6) is -0.477. The molecular weight excluding hydrogens is 640 g/mol. The molecule has 5 aromatic carbocycles. The van der Waals surface area contributed by atoms with E-state index in [2.05, 4.69) is 43.0 Å². The van der Waals surface area contributed by atoms with E-state index in [1.165, 1.54) is 6.92 Å². The van der Waals surface area contributed by atoms with Gasteiger partial charge in [-0.15, -0.1) is 6.58 Å². The zero-order valence-corrected chi connectivity index (χ0v) is 28.8. The van der Waals surface area contributed by atoms with Gasteiger partial charge in [0.15, 0.2) is 12.4 Å². The van der Waals surface area contributed by atoms with Crippen molar-refractivity contribution < 1.29 is 33.2 Å². The Morgan fingerprint density at radius 1 is 0.627 bits per heavy atom. The van der Waals surface area contributed by atoms with Crippen LogP contribution in [0.1, 0.15) is 34.7 Å². The summed E-state index contributed by atoms with van der Waals surface area (Å²) in [6.45, 7) is 5.97. The molecular formula is C44H44O7. The van der Waals surface area contributed by atoms with Crippen LogP contribution in [0.5, 0.6) is 0 Å². The van der Waals surface area contributed by atoms with E-state index in [4.69, 9.17) is 28.4 Å². The zero-order valence-electron chi connectivity index (χ0n) is 28.8. The van der Waals surface area contributed by atoms with Gasteiger partial charge in [-0.25, -0.2) is 0 Å². The third-order valence-electron chi connectivity index (χ3n) is 8.85. The van der Waals surface area contributed by atoms with Crippen LogP contribution >= 0.6 is 0 Å². The lowest BCUT2D eigenvalue weighted by Gasteiger charge is -2.46. The first-order valence-corrected chi connectivity index (χ1v) is 17.2. The van der Waals surface area contributed by atoms with Gasteiger partial charge in [0.25, 0.3) is 0 Å². The molecule has 0 spiro atoms. The van der Waals surface area contributed by atoms with Crippen LogP contribution in [0.25, 0.3) is 0 Å². The molecule has 5 aromatic rings. The molecule has 0 aromatic heterocycles. The summed E-state index contributed by atoms with van der Waals surface area (Å²) in [6.07, 6.45) is -2.50. The van der Waals surface area contributed by atoms with Crippen molar-refractivity contribution in [1.29, 1.82) is 0 Å². The third-order valence-corrected chi connectivity index (χ3v) is 8.85. The molecule has 1 heterocycles. The quantitative estimate of drug-likeness (QED) is 0.0592. The van der Waals surface area contributed by atoms with Crippen LogP contribution in [0.3, 0.4) is 0 Å². The number of carbonyl (C=O) groups excluding carboxylic acids is 1. The molecule has 0 saturated carbocycles. The number of benzene rings is 5. The predicted molar refractivity (Wildman–Crippen MR) is 196 cm³/mol. The Bertz CT molecular complexity index is 1670. The van der Waals surface area contributed by atoms with Gasteiger partial charge in [0.2, 0.25) is 0 Å². The highest BCUT2D eigenvalue weighted by Gasteiger charge is 2.51. The van der Waals surface area contributed by atoms with Gasteiger partial charge < -0.3 is 28.4 Å². The molecule has 0 N–H and O–H groups in total. The minimum atomic E-state index is -1.04. The molecule has 1 aliphatic heterocycles. The molecule has 1 saturated heterocycles. The SMILES string of the molecule is C=CCO[C@H]1O[C@H](COC(c2ccccc2)(c2ccccc2)c2ccccc2)[C@@H](OC(C)=O)[C@H](OCc2ccccc2)[C@H]1OCc1ccccc1. The number of ether oxygens (including phenoxy) is 6. The van der Waals surface area contributed by atoms with Gasteiger partial charge >= 0.3 is 5.97 Å². The monoisotopic (exact) mass is 684 g/mol. The topological polar surface area (TPSA) is 72.5 Å². The molecule has 1 aliphatic rings. The Morgan fingerprint density at radius 2 is 1.06 bits per heavy atom. The average Bonchev–Trinajstić information content (AvgIpc) is 3.18. The number of carbonyl (C=O) groups is 1. The van der Waals surface area contributed by atoms with Gasteiger partial charge in [-0.3, -0.25) is 4.79 Å². The van der Waals surface area contributed by atoms with E-state index in [9.17, 15) is 4.79 Å². The molecule has 0 radical (unpaired) electrons. The van der Waals surface area contributed by atoms with Crippen molar-refractivity contribution in [2.24, 2.45) is 0 Å². The van der Waals surface area contributed by atoms with Crippen molar-refractivity contribution in [1.82, 2.24) is 0 Å². The van der Waals surface area contributed by atoms with Crippen LogP contribution in [0.2, 0.25) is 0 Å². The summed E-state index contributed by atoms with van der Waals surface area (Å²) < 4.78 is 39.4. The fraction of sp³-hybridized carbons (Fsp3) is 0.250. The maximum atomic E-state index is 12.8. The molecule has 7 heteroatoms. The summed E-state index contributed by atoms with van der Waals surface area (Å²) in [7, 11) is 0. The van der Waals surface area contributed by atoms with E-state index in [1.54, 1.807) is 6.08 Å². The van der Waals surface area contributed by atoms with Crippen LogP contribution in [-0.2, 0) is 52.0 Å². The fourth-order valence-electron chi connectivity index (χ4n) is 6.52. The molecule has 0 aliphatic carbocycles. The lowest BCUT2D eigenvalue weighted by molar-refractivity contribution is -0.322. The van der Waals surface area contributed by atoms with E-state index >= 15 is 0 Å². The highest BCUT2D eigenvalue weighted by atomic mass is 16.7. The highest BCUT2D eigenvalue weighted by Crippen LogP contribution is 2.41.